The van der Waals surface area contributed by atoms with E-state index in [2.05, 4.69) is 26.3 Å². The van der Waals surface area contributed by atoms with Crippen LogP contribution >= 0.6 is 0 Å². The first kappa shape index (κ1) is 17.9. The number of para-hydroxylation sites is 1. The lowest BCUT2D eigenvalue weighted by atomic mass is 10.2. The van der Waals surface area contributed by atoms with Crippen molar-refractivity contribution in [2.45, 2.75) is 6.42 Å². The fraction of sp³-hybridized carbons (Fsp3) is 0.350. The van der Waals surface area contributed by atoms with E-state index >= 15 is 0 Å². The highest BCUT2D eigenvalue weighted by atomic mass is 16.2. The van der Waals surface area contributed by atoms with E-state index in [1.165, 1.54) is 0 Å². The Morgan fingerprint density at radius 3 is 2.46 bits per heavy atom. The zero-order valence-corrected chi connectivity index (χ0v) is 15.3. The first-order valence-corrected chi connectivity index (χ1v) is 9.28. The first-order valence-electron chi connectivity index (χ1n) is 9.28. The fourth-order valence-corrected chi connectivity index (χ4v) is 3.49. The predicted molar refractivity (Wildman–Crippen MR) is 102 cm³/mol. The van der Waals surface area contributed by atoms with E-state index in [-0.39, 0.29) is 23.7 Å². The number of benzene rings is 1. The van der Waals surface area contributed by atoms with Crippen molar-refractivity contribution in [2.75, 3.05) is 36.4 Å². The summed E-state index contributed by atoms with van der Waals surface area (Å²) in [5.41, 5.74) is 0.906. The molecule has 2 amide bonds. The summed E-state index contributed by atoms with van der Waals surface area (Å²) in [6.45, 7) is 2.54. The fourth-order valence-electron chi connectivity index (χ4n) is 3.49. The quantitative estimate of drug-likeness (QED) is 0.862. The summed E-state index contributed by atoms with van der Waals surface area (Å²) in [7, 11) is 0. The Bertz CT molecular complexity index is 918. The smallest absolute Gasteiger partial charge is 0.228 e. The molecule has 8 nitrogen and oxygen atoms in total. The average Bonchev–Trinajstić information content (AvgIpc) is 3.55. The topological polar surface area (TPSA) is 102 Å². The lowest BCUT2D eigenvalue weighted by molar-refractivity contribution is -0.134. The molecule has 2 aromatic rings. The van der Waals surface area contributed by atoms with Gasteiger partial charge in [0.1, 0.15) is 6.07 Å². The molecule has 1 aromatic carbocycles. The van der Waals surface area contributed by atoms with E-state index in [0.29, 0.717) is 49.8 Å². The largest absolute Gasteiger partial charge is 0.339 e. The van der Waals surface area contributed by atoms with Crippen molar-refractivity contribution < 1.29 is 9.59 Å². The van der Waals surface area contributed by atoms with Gasteiger partial charge in [-0.25, -0.2) is 9.97 Å². The number of rotatable bonds is 4. The van der Waals surface area contributed by atoms with Gasteiger partial charge < -0.3 is 15.1 Å². The summed E-state index contributed by atoms with van der Waals surface area (Å²) in [5.74, 6) is -0.0855. The average molecular weight is 376 g/mol. The lowest BCUT2D eigenvalue weighted by Crippen LogP contribution is -2.50. The Labute approximate surface area is 162 Å². The molecule has 28 heavy (non-hydrogen) atoms. The van der Waals surface area contributed by atoms with Crippen LogP contribution in [0.5, 0.6) is 0 Å². The molecule has 8 heteroatoms. The Balaban J connectivity index is 1.30. The van der Waals surface area contributed by atoms with Crippen LogP contribution in [0.25, 0.3) is 0 Å². The molecule has 142 valence electrons. The molecule has 0 radical (unpaired) electrons. The van der Waals surface area contributed by atoms with Crippen LogP contribution < -0.4 is 10.2 Å². The number of carbonyl (C=O) groups excluding carboxylic acids is 2. The van der Waals surface area contributed by atoms with Crippen molar-refractivity contribution in [1.29, 1.82) is 5.26 Å². The van der Waals surface area contributed by atoms with Crippen LogP contribution in [0, 0.1) is 23.2 Å². The predicted octanol–water partition coefficient (Wildman–Crippen LogP) is 1.27. The summed E-state index contributed by atoms with van der Waals surface area (Å²) in [6, 6.07) is 10.7. The third-order valence-corrected chi connectivity index (χ3v) is 5.18. The van der Waals surface area contributed by atoms with E-state index in [4.69, 9.17) is 5.26 Å². The van der Waals surface area contributed by atoms with E-state index in [0.717, 1.165) is 0 Å². The summed E-state index contributed by atoms with van der Waals surface area (Å²) < 4.78 is 0. The number of nitriles is 1. The normalized spacial score (nSPS) is 21.0. The van der Waals surface area contributed by atoms with Crippen LogP contribution in [-0.4, -0.2) is 52.9 Å². The molecule has 1 saturated carbocycles. The number of carbonyl (C=O) groups is 2. The summed E-state index contributed by atoms with van der Waals surface area (Å²) in [4.78, 5) is 37.6. The second-order valence-electron chi connectivity index (χ2n) is 6.96. The van der Waals surface area contributed by atoms with Gasteiger partial charge in [-0.05, 0) is 24.6 Å². The molecule has 4 rings (SSSR count). The lowest BCUT2D eigenvalue weighted by Gasteiger charge is -2.34. The Morgan fingerprint density at radius 2 is 1.75 bits per heavy atom. The first-order chi connectivity index (χ1) is 13.7. The number of anilines is 2. The maximum absolute atomic E-state index is 12.7. The number of nitrogens with zero attached hydrogens (tertiary/aromatic N) is 5. The van der Waals surface area contributed by atoms with E-state index < -0.39 is 0 Å². The Morgan fingerprint density at radius 1 is 1.04 bits per heavy atom. The minimum atomic E-state index is -0.324. The molecule has 1 saturated heterocycles. The highest BCUT2D eigenvalue weighted by Crippen LogP contribution is 2.41. The standard InChI is InChI=1S/C20H20N6O2/c21-13-14-4-1-2-5-17(14)24-18(27)15-12-16(15)19(28)25-8-10-26(11-9-25)20-22-6-3-7-23-20/h1-7,15-16H,8-12H2,(H,24,27). The van der Waals surface area contributed by atoms with E-state index in [9.17, 15) is 9.59 Å². The minimum Gasteiger partial charge on any atom is -0.339 e. The van der Waals surface area contributed by atoms with Gasteiger partial charge in [0, 0.05) is 38.6 Å². The molecule has 1 N–H and O–H groups in total. The molecule has 1 aliphatic heterocycles. The maximum atomic E-state index is 12.7. The molecule has 2 heterocycles. The maximum Gasteiger partial charge on any atom is 0.228 e. The number of hydrogen-bond acceptors (Lipinski definition) is 6. The molecule has 2 fully saturated rings. The third-order valence-electron chi connectivity index (χ3n) is 5.18. The highest BCUT2D eigenvalue weighted by Gasteiger charge is 2.49. The van der Waals surface area contributed by atoms with E-state index in [1.54, 1.807) is 42.7 Å². The van der Waals surface area contributed by atoms with Gasteiger partial charge in [-0.3, -0.25) is 9.59 Å². The van der Waals surface area contributed by atoms with Gasteiger partial charge in [-0.15, -0.1) is 0 Å². The van der Waals surface area contributed by atoms with Crippen molar-refractivity contribution in [3.05, 3.63) is 48.3 Å². The van der Waals surface area contributed by atoms with Crippen LogP contribution in [0.2, 0.25) is 0 Å². The molecule has 2 aliphatic rings. The van der Waals surface area contributed by atoms with Crippen molar-refractivity contribution >= 4 is 23.5 Å². The van der Waals surface area contributed by atoms with Gasteiger partial charge in [0.2, 0.25) is 17.8 Å². The molecule has 2 unspecified atom stereocenters. The number of hydrogen-bond donors (Lipinski definition) is 1. The van der Waals surface area contributed by atoms with Crippen LogP contribution in [0.15, 0.2) is 42.7 Å². The third kappa shape index (κ3) is 3.64. The summed E-state index contributed by atoms with van der Waals surface area (Å²) in [6.07, 6.45) is 3.97. The van der Waals surface area contributed by atoms with Gasteiger partial charge in [0.25, 0.3) is 0 Å². The number of amides is 2. The van der Waals surface area contributed by atoms with Crippen molar-refractivity contribution in [3.63, 3.8) is 0 Å². The summed E-state index contributed by atoms with van der Waals surface area (Å²) in [5, 5.41) is 11.9. The molecule has 1 aromatic heterocycles. The second-order valence-corrected chi connectivity index (χ2v) is 6.96. The molecular weight excluding hydrogens is 356 g/mol. The van der Waals surface area contributed by atoms with Crippen molar-refractivity contribution in [3.8, 4) is 6.07 Å². The van der Waals surface area contributed by atoms with Gasteiger partial charge in [-0.2, -0.15) is 5.26 Å². The summed E-state index contributed by atoms with van der Waals surface area (Å²) >= 11 is 0. The molecule has 0 spiro atoms. The molecule has 0 bridgehead atoms. The van der Waals surface area contributed by atoms with Crippen LogP contribution in [0.3, 0.4) is 0 Å². The van der Waals surface area contributed by atoms with Crippen molar-refractivity contribution in [1.82, 2.24) is 14.9 Å². The van der Waals surface area contributed by atoms with Gasteiger partial charge in [-0.1, -0.05) is 12.1 Å². The Hall–Kier alpha value is -3.47. The van der Waals surface area contributed by atoms with Gasteiger partial charge in [0.15, 0.2) is 0 Å². The zero-order valence-electron chi connectivity index (χ0n) is 15.3. The molecule has 1 aliphatic carbocycles. The number of piperazine rings is 1. The van der Waals surface area contributed by atoms with Gasteiger partial charge >= 0.3 is 0 Å². The highest BCUT2D eigenvalue weighted by molar-refractivity contribution is 6.00. The SMILES string of the molecule is N#Cc1ccccc1NC(=O)C1CC1C(=O)N1CCN(c2ncccn2)CC1. The molecular formula is C20H20N6O2. The van der Waals surface area contributed by atoms with Crippen LogP contribution in [-0.2, 0) is 9.59 Å². The van der Waals surface area contributed by atoms with Crippen LogP contribution in [0.4, 0.5) is 11.6 Å². The number of aromatic nitrogens is 2. The number of nitrogens with one attached hydrogen (secondary N) is 1. The zero-order chi connectivity index (χ0) is 19.5. The molecule has 2 atom stereocenters. The van der Waals surface area contributed by atoms with Crippen LogP contribution in [0.1, 0.15) is 12.0 Å². The van der Waals surface area contributed by atoms with E-state index in [1.807, 2.05) is 4.90 Å². The van der Waals surface area contributed by atoms with Crippen molar-refractivity contribution in [2.24, 2.45) is 11.8 Å². The second kappa shape index (κ2) is 7.64. The van der Waals surface area contributed by atoms with Gasteiger partial charge in [0.05, 0.1) is 23.1 Å². The monoisotopic (exact) mass is 376 g/mol. The Kier molecular flexibility index (Phi) is 4.89. The minimum absolute atomic E-state index is 0.0300.